The van der Waals surface area contributed by atoms with Crippen molar-refractivity contribution < 1.29 is 31.4 Å². The van der Waals surface area contributed by atoms with Crippen molar-refractivity contribution in [2.45, 2.75) is 24.7 Å². The molecule has 0 bridgehead atoms. The molecule has 9 heteroatoms. The van der Waals surface area contributed by atoms with Crippen LogP contribution in [-0.4, -0.2) is 24.5 Å². The van der Waals surface area contributed by atoms with E-state index in [9.17, 15) is 31.4 Å². The number of alkyl halides is 6. The zero-order valence-electron chi connectivity index (χ0n) is 13.8. The summed E-state index contributed by atoms with van der Waals surface area (Å²) in [6.07, 6.45) is -11.4. The van der Waals surface area contributed by atoms with Gasteiger partial charge in [-0.15, -0.1) is 0 Å². The Morgan fingerprint density at radius 2 is 1.38 bits per heavy atom. The number of benzene rings is 2. The van der Waals surface area contributed by atoms with Crippen LogP contribution in [0.1, 0.15) is 16.7 Å². The van der Waals surface area contributed by atoms with E-state index < -0.39 is 34.6 Å². The fourth-order valence-electron chi connectivity index (χ4n) is 2.83. The van der Waals surface area contributed by atoms with Crippen molar-refractivity contribution in [1.82, 2.24) is 0 Å². The third-order valence-corrected chi connectivity index (χ3v) is 4.26. The van der Waals surface area contributed by atoms with Gasteiger partial charge in [-0.2, -0.15) is 26.3 Å². The zero-order valence-corrected chi connectivity index (χ0v) is 13.8. The van der Waals surface area contributed by atoms with Gasteiger partial charge in [0.05, 0.1) is 5.69 Å². The van der Waals surface area contributed by atoms with Gasteiger partial charge in [0.15, 0.2) is 0 Å². The Bertz CT molecular complexity index is 800. The van der Waals surface area contributed by atoms with Gasteiger partial charge in [0, 0.05) is 12.7 Å². The third-order valence-electron chi connectivity index (χ3n) is 4.26. The van der Waals surface area contributed by atoms with Crippen LogP contribution in [0, 0.1) is 6.92 Å². The SMILES string of the molecule is CNc1cc(C(c2ccc(C)c(N)c2)(C(F)(F)F)C(F)(F)F)ccc1O. The molecule has 0 amide bonds. The number of phenols is 1. The molecule has 4 N–H and O–H groups in total. The molecule has 0 heterocycles. The van der Waals surface area contributed by atoms with Crippen molar-refractivity contribution in [3.05, 3.63) is 53.1 Å². The molecule has 0 aliphatic rings. The number of rotatable bonds is 3. The summed E-state index contributed by atoms with van der Waals surface area (Å²) in [5.74, 6) is -0.474. The van der Waals surface area contributed by atoms with Gasteiger partial charge >= 0.3 is 12.4 Å². The maximum absolute atomic E-state index is 14.0. The predicted octanol–water partition coefficient (Wildman–Crippen LogP) is 4.74. The van der Waals surface area contributed by atoms with Crippen molar-refractivity contribution in [2.24, 2.45) is 0 Å². The Morgan fingerprint density at radius 3 is 1.85 bits per heavy atom. The molecule has 0 unspecified atom stereocenters. The van der Waals surface area contributed by atoms with E-state index in [-0.39, 0.29) is 11.4 Å². The number of nitrogens with two attached hydrogens (primary N) is 1. The summed E-state index contributed by atoms with van der Waals surface area (Å²) in [6.45, 7) is 1.47. The lowest BCUT2D eigenvalue weighted by atomic mass is 9.72. The van der Waals surface area contributed by atoms with E-state index in [1.165, 1.54) is 14.0 Å². The van der Waals surface area contributed by atoms with Crippen molar-refractivity contribution in [2.75, 3.05) is 18.1 Å². The molecular weight excluding hydrogens is 362 g/mol. The minimum absolute atomic E-state index is 0.187. The van der Waals surface area contributed by atoms with E-state index in [4.69, 9.17) is 5.73 Å². The minimum Gasteiger partial charge on any atom is -0.506 e. The lowest BCUT2D eigenvalue weighted by Crippen LogP contribution is -2.54. The molecule has 2 rings (SSSR count). The van der Waals surface area contributed by atoms with Crippen LogP contribution in [0.25, 0.3) is 0 Å². The molecule has 0 aromatic heterocycles. The van der Waals surface area contributed by atoms with Crippen molar-refractivity contribution >= 4 is 11.4 Å². The van der Waals surface area contributed by atoms with E-state index in [2.05, 4.69) is 5.32 Å². The van der Waals surface area contributed by atoms with Crippen molar-refractivity contribution in [3.63, 3.8) is 0 Å². The largest absolute Gasteiger partial charge is 0.506 e. The summed E-state index contributed by atoms with van der Waals surface area (Å²) in [4.78, 5) is 0. The van der Waals surface area contributed by atoms with Crippen LogP contribution < -0.4 is 11.1 Å². The quantitative estimate of drug-likeness (QED) is 0.411. The molecule has 0 aliphatic heterocycles. The molecule has 0 atom stereocenters. The first-order chi connectivity index (χ1) is 11.9. The first kappa shape index (κ1) is 19.7. The number of nitrogens with one attached hydrogen (secondary N) is 1. The number of phenolic OH excluding ortho intramolecular Hbond substituents is 1. The van der Waals surface area contributed by atoms with Crippen molar-refractivity contribution in [3.8, 4) is 5.75 Å². The Balaban J connectivity index is 2.96. The molecule has 142 valence electrons. The molecule has 0 radical (unpaired) electrons. The van der Waals surface area contributed by atoms with Gasteiger partial charge in [-0.1, -0.05) is 18.2 Å². The predicted molar refractivity (Wildman–Crippen MR) is 86.1 cm³/mol. The molecule has 3 nitrogen and oxygen atoms in total. The van der Waals surface area contributed by atoms with Gasteiger partial charge < -0.3 is 16.2 Å². The zero-order chi connectivity index (χ0) is 19.9. The summed E-state index contributed by atoms with van der Waals surface area (Å²) >= 11 is 0. The molecule has 0 saturated carbocycles. The third kappa shape index (κ3) is 2.91. The lowest BCUT2D eigenvalue weighted by Gasteiger charge is -2.38. The van der Waals surface area contributed by atoms with Crippen LogP contribution in [0.15, 0.2) is 36.4 Å². The lowest BCUT2D eigenvalue weighted by molar-refractivity contribution is -0.288. The number of aromatic hydroxyl groups is 1. The highest BCUT2D eigenvalue weighted by atomic mass is 19.4. The van der Waals surface area contributed by atoms with Gasteiger partial charge in [0.1, 0.15) is 5.75 Å². The summed E-state index contributed by atoms with van der Waals surface area (Å²) in [5.41, 5.74) is -0.953. The van der Waals surface area contributed by atoms with E-state index in [0.29, 0.717) is 23.8 Å². The van der Waals surface area contributed by atoms with Crippen LogP contribution >= 0.6 is 0 Å². The normalized spacial score (nSPS) is 12.9. The Morgan fingerprint density at radius 1 is 0.885 bits per heavy atom. The van der Waals surface area contributed by atoms with Crippen LogP contribution in [0.4, 0.5) is 37.7 Å². The summed E-state index contributed by atoms with van der Waals surface area (Å²) in [6, 6.07) is 4.57. The summed E-state index contributed by atoms with van der Waals surface area (Å²) in [5, 5.41) is 12.0. The topological polar surface area (TPSA) is 58.3 Å². The van der Waals surface area contributed by atoms with E-state index in [0.717, 1.165) is 18.2 Å². The van der Waals surface area contributed by atoms with E-state index in [1.807, 2.05) is 0 Å². The molecule has 0 aliphatic carbocycles. The number of halogens is 6. The second kappa shape index (κ2) is 6.30. The van der Waals surface area contributed by atoms with E-state index >= 15 is 0 Å². The number of hydrogen-bond acceptors (Lipinski definition) is 3. The minimum atomic E-state index is -5.71. The van der Waals surface area contributed by atoms with Gasteiger partial charge in [-0.3, -0.25) is 0 Å². The molecular formula is C17H16F6N2O. The van der Waals surface area contributed by atoms with Gasteiger partial charge in [-0.05, 0) is 41.8 Å². The standard InChI is InChI=1S/C17H16F6N2O/c1-9-3-4-10(7-12(9)24)15(16(18,19)20,17(21,22)23)11-5-6-14(26)13(8-11)25-2/h3-8,25-26H,24H2,1-2H3. The summed E-state index contributed by atoms with van der Waals surface area (Å²) < 4.78 is 83.8. The molecule has 0 saturated heterocycles. The Labute approximate surface area is 145 Å². The fourth-order valence-corrected chi connectivity index (χ4v) is 2.83. The molecule has 2 aromatic carbocycles. The first-order valence-electron chi connectivity index (χ1n) is 7.37. The Hall–Kier alpha value is -2.58. The maximum atomic E-state index is 14.0. The highest BCUT2D eigenvalue weighted by Gasteiger charge is 2.72. The number of hydrogen-bond donors (Lipinski definition) is 3. The average molecular weight is 378 g/mol. The van der Waals surface area contributed by atoms with Crippen LogP contribution in [0.2, 0.25) is 0 Å². The average Bonchev–Trinajstić information content (AvgIpc) is 2.50. The number of aryl methyl sites for hydroxylation is 1. The van der Waals surface area contributed by atoms with Gasteiger partial charge in [-0.25, -0.2) is 0 Å². The molecule has 26 heavy (non-hydrogen) atoms. The first-order valence-corrected chi connectivity index (χ1v) is 7.37. The fraction of sp³-hybridized carbons (Fsp3) is 0.294. The molecule has 0 fully saturated rings. The second-order valence-electron chi connectivity index (χ2n) is 5.80. The van der Waals surface area contributed by atoms with E-state index in [1.54, 1.807) is 0 Å². The molecule has 2 aromatic rings. The van der Waals surface area contributed by atoms with Gasteiger partial charge in [0.2, 0.25) is 5.41 Å². The highest BCUT2D eigenvalue weighted by molar-refractivity contribution is 5.61. The van der Waals surface area contributed by atoms with Crippen LogP contribution in [-0.2, 0) is 5.41 Å². The van der Waals surface area contributed by atoms with Crippen LogP contribution in [0.5, 0.6) is 5.75 Å². The maximum Gasteiger partial charge on any atom is 0.411 e. The molecule has 0 spiro atoms. The van der Waals surface area contributed by atoms with Crippen LogP contribution in [0.3, 0.4) is 0 Å². The van der Waals surface area contributed by atoms with Crippen molar-refractivity contribution in [1.29, 1.82) is 0 Å². The second-order valence-corrected chi connectivity index (χ2v) is 5.80. The van der Waals surface area contributed by atoms with Gasteiger partial charge in [0.25, 0.3) is 0 Å². The smallest absolute Gasteiger partial charge is 0.411 e. The number of nitrogen functional groups attached to an aromatic ring is 1. The highest BCUT2D eigenvalue weighted by Crippen LogP contribution is 2.57. The number of anilines is 2. The monoisotopic (exact) mass is 378 g/mol. The Kier molecular flexibility index (Phi) is 4.78. The summed E-state index contributed by atoms with van der Waals surface area (Å²) in [7, 11) is 1.27.